The van der Waals surface area contributed by atoms with Crippen LogP contribution in [0.15, 0.2) is 35.2 Å². The second-order valence-corrected chi connectivity index (χ2v) is 6.02. The van der Waals surface area contributed by atoms with Crippen molar-refractivity contribution in [1.29, 1.82) is 0 Å². The zero-order valence-corrected chi connectivity index (χ0v) is 11.6. The van der Waals surface area contributed by atoms with Crippen LogP contribution in [0, 0.1) is 23.3 Å². The van der Waals surface area contributed by atoms with Crippen molar-refractivity contribution in [2.75, 3.05) is 4.72 Å². The molecule has 0 spiro atoms. The summed E-state index contributed by atoms with van der Waals surface area (Å²) in [4.78, 5) is -0.379. The van der Waals surface area contributed by atoms with Gasteiger partial charge in [-0.25, -0.2) is 26.0 Å². The van der Waals surface area contributed by atoms with Gasteiger partial charge in [0, 0.05) is 11.1 Å². The SMILES string of the molecule is O=S(=O)(Nc1c(F)c(F)cc(F)c1F)c1ccc(Cl)cc1. The Morgan fingerprint density at radius 3 is 1.86 bits per heavy atom. The summed E-state index contributed by atoms with van der Waals surface area (Å²) < 4.78 is 78.2. The van der Waals surface area contributed by atoms with Crippen molar-refractivity contribution in [3.8, 4) is 0 Å². The number of rotatable bonds is 3. The standard InChI is InChI=1S/C12H6ClF4NO2S/c13-6-1-3-7(4-2-6)21(19,20)18-12-10(16)8(14)5-9(15)11(12)17/h1-5,18H. The van der Waals surface area contributed by atoms with Crippen LogP contribution in [0.4, 0.5) is 23.2 Å². The largest absolute Gasteiger partial charge is 0.274 e. The number of halogens is 5. The lowest BCUT2D eigenvalue weighted by molar-refractivity contribution is 0.459. The molecule has 0 aliphatic rings. The molecule has 0 amide bonds. The second-order valence-electron chi connectivity index (χ2n) is 3.90. The third-order valence-corrected chi connectivity index (χ3v) is 4.09. The maximum atomic E-state index is 13.4. The van der Waals surface area contributed by atoms with Crippen molar-refractivity contribution >= 4 is 27.3 Å². The third kappa shape index (κ3) is 3.11. The van der Waals surface area contributed by atoms with Gasteiger partial charge < -0.3 is 0 Å². The lowest BCUT2D eigenvalue weighted by atomic mass is 10.3. The van der Waals surface area contributed by atoms with Gasteiger partial charge in [-0.1, -0.05) is 11.6 Å². The number of anilines is 1. The first-order valence-corrected chi connectivity index (χ1v) is 7.20. The molecule has 0 bridgehead atoms. The number of hydrogen-bond acceptors (Lipinski definition) is 2. The Morgan fingerprint density at radius 2 is 1.38 bits per heavy atom. The highest BCUT2D eigenvalue weighted by molar-refractivity contribution is 7.92. The lowest BCUT2D eigenvalue weighted by Gasteiger charge is -2.10. The van der Waals surface area contributed by atoms with Crippen LogP contribution < -0.4 is 4.72 Å². The van der Waals surface area contributed by atoms with Crippen molar-refractivity contribution in [3.63, 3.8) is 0 Å². The van der Waals surface area contributed by atoms with E-state index in [-0.39, 0.29) is 16.0 Å². The van der Waals surface area contributed by atoms with Crippen LogP contribution >= 0.6 is 11.6 Å². The van der Waals surface area contributed by atoms with E-state index in [4.69, 9.17) is 11.6 Å². The van der Waals surface area contributed by atoms with E-state index in [1.807, 2.05) is 0 Å². The highest BCUT2D eigenvalue weighted by Crippen LogP contribution is 2.27. The van der Waals surface area contributed by atoms with Gasteiger partial charge in [0.1, 0.15) is 5.69 Å². The summed E-state index contributed by atoms with van der Waals surface area (Å²) in [7, 11) is -4.43. The molecule has 0 atom stereocenters. The van der Waals surface area contributed by atoms with Gasteiger partial charge in [-0.2, -0.15) is 0 Å². The molecule has 1 N–H and O–H groups in total. The van der Waals surface area contributed by atoms with E-state index >= 15 is 0 Å². The molecule has 2 rings (SSSR count). The summed E-state index contributed by atoms with van der Waals surface area (Å²) in [5.41, 5.74) is -1.43. The van der Waals surface area contributed by atoms with Gasteiger partial charge in [-0.3, -0.25) is 4.72 Å². The first kappa shape index (κ1) is 15.6. The molecular formula is C12H6ClF4NO2S. The maximum absolute atomic E-state index is 13.4. The average molecular weight is 340 g/mol. The molecule has 0 aliphatic carbocycles. The Bertz CT molecular complexity index is 768. The molecule has 3 nitrogen and oxygen atoms in total. The van der Waals surface area contributed by atoms with Crippen molar-refractivity contribution in [2.24, 2.45) is 0 Å². The molecule has 0 saturated carbocycles. The van der Waals surface area contributed by atoms with Crippen molar-refractivity contribution in [1.82, 2.24) is 0 Å². The average Bonchev–Trinajstić information content (AvgIpc) is 2.42. The zero-order valence-electron chi connectivity index (χ0n) is 10.0. The van der Waals surface area contributed by atoms with E-state index < -0.39 is 39.0 Å². The van der Waals surface area contributed by atoms with Crippen LogP contribution in [0.1, 0.15) is 0 Å². The fraction of sp³-hybridized carbons (Fsp3) is 0. The maximum Gasteiger partial charge on any atom is 0.262 e. The Morgan fingerprint density at radius 1 is 0.905 bits per heavy atom. The zero-order chi connectivity index (χ0) is 15.8. The Kier molecular flexibility index (Phi) is 4.11. The lowest BCUT2D eigenvalue weighted by Crippen LogP contribution is -2.16. The molecule has 0 aromatic heterocycles. The summed E-state index contributed by atoms with van der Waals surface area (Å²) in [6.07, 6.45) is 0. The normalized spacial score (nSPS) is 11.5. The molecule has 0 saturated heterocycles. The van der Waals surface area contributed by atoms with Gasteiger partial charge in [0.15, 0.2) is 23.3 Å². The summed E-state index contributed by atoms with van der Waals surface area (Å²) in [5, 5.41) is 0.239. The minimum atomic E-state index is -4.43. The topological polar surface area (TPSA) is 46.2 Å². The second kappa shape index (κ2) is 5.53. The Hall–Kier alpha value is -1.80. The quantitative estimate of drug-likeness (QED) is 0.684. The van der Waals surface area contributed by atoms with Crippen molar-refractivity contribution < 1.29 is 26.0 Å². The van der Waals surface area contributed by atoms with Gasteiger partial charge >= 0.3 is 0 Å². The number of nitrogens with one attached hydrogen (secondary N) is 1. The minimum Gasteiger partial charge on any atom is -0.274 e. The fourth-order valence-corrected chi connectivity index (χ4v) is 2.66. The van der Waals surface area contributed by atoms with E-state index in [9.17, 15) is 26.0 Å². The number of benzene rings is 2. The third-order valence-electron chi connectivity index (χ3n) is 2.47. The summed E-state index contributed by atoms with van der Waals surface area (Å²) in [6.45, 7) is 0. The molecule has 112 valence electrons. The van der Waals surface area contributed by atoms with E-state index in [0.717, 1.165) is 12.1 Å². The van der Waals surface area contributed by atoms with E-state index in [0.29, 0.717) is 0 Å². The number of sulfonamides is 1. The van der Waals surface area contributed by atoms with E-state index in [1.165, 1.54) is 16.9 Å². The van der Waals surface area contributed by atoms with Crippen LogP contribution in [0.25, 0.3) is 0 Å². The molecule has 0 heterocycles. The van der Waals surface area contributed by atoms with E-state index in [2.05, 4.69) is 0 Å². The van der Waals surface area contributed by atoms with Crippen LogP contribution in [0.3, 0.4) is 0 Å². The Balaban J connectivity index is 2.49. The predicted octanol–water partition coefficient (Wildman–Crippen LogP) is 3.70. The molecule has 0 radical (unpaired) electrons. The molecule has 0 fully saturated rings. The monoisotopic (exact) mass is 339 g/mol. The minimum absolute atomic E-state index is 0.0231. The molecule has 0 aliphatic heterocycles. The highest BCUT2D eigenvalue weighted by Gasteiger charge is 2.24. The molecule has 0 unspecified atom stereocenters. The highest BCUT2D eigenvalue weighted by atomic mass is 35.5. The fourth-order valence-electron chi connectivity index (χ4n) is 1.47. The van der Waals surface area contributed by atoms with Gasteiger partial charge in [0.05, 0.1) is 4.90 Å². The van der Waals surface area contributed by atoms with Gasteiger partial charge in [0.25, 0.3) is 10.0 Å². The Labute approximate surface area is 122 Å². The van der Waals surface area contributed by atoms with Gasteiger partial charge in [-0.15, -0.1) is 0 Å². The number of hydrogen-bond donors (Lipinski definition) is 1. The molecule has 9 heteroatoms. The van der Waals surface area contributed by atoms with Crippen LogP contribution in [0.2, 0.25) is 5.02 Å². The summed E-state index contributed by atoms with van der Waals surface area (Å²) in [5.74, 6) is -7.12. The van der Waals surface area contributed by atoms with Gasteiger partial charge in [0.2, 0.25) is 0 Å². The first-order chi connectivity index (χ1) is 9.72. The summed E-state index contributed by atoms with van der Waals surface area (Å²) in [6, 6.07) is 4.57. The first-order valence-electron chi connectivity index (χ1n) is 5.34. The van der Waals surface area contributed by atoms with E-state index in [1.54, 1.807) is 0 Å². The van der Waals surface area contributed by atoms with Crippen LogP contribution in [-0.2, 0) is 10.0 Å². The van der Waals surface area contributed by atoms with Crippen molar-refractivity contribution in [3.05, 3.63) is 58.6 Å². The molecular weight excluding hydrogens is 334 g/mol. The summed E-state index contributed by atoms with van der Waals surface area (Å²) >= 11 is 5.58. The predicted molar refractivity (Wildman–Crippen MR) is 68.5 cm³/mol. The van der Waals surface area contributed by atoms with Crippen LogP contribution in [0.5, 0.6) is 0 Å². The molecule has 21 heavy (non-hydrogen) atoms. The molecule has 2 aromatic carbocycles. The molecule has 2 aromatic rings. The smallest absolute Gasteiger partial charge is 0.262 e. The van der Waals surface area contributed by atoms with Crippen molar-refractivity contribution in [2.45, 2.75) is 4.90 Å². The van der Waals surface area contributed by atoms with Crippen LogP contribution in [-0.4, -0.2) is 8.42 Å². The van der Waals surface area contributed by atoms with Gasteiger partial charge in [-0.05, 0) is 24.3 Å².